The first-order valence-electron chi connectivity index (χ1n) is 10.5. The number of halogens is 1. The van der Waals surface area contributed by atoms with Gasteiger partial charge in [-0.1, -0.05) is 24.3 Å². The van der Waals surface area contributed by atoms with Crippen LogP contribution in [-0.2, 0) is 14.9 Å². The van der Waals surface area contributed by atoms with Crippen molar-refractivity contribution in [2.45, 2.75) is 57.5 Å². The molecule has 1 saturated carbocycles. The lowest BCUT2D eigenvalue weighted by molar-refractivity contribution is 0.0168. The molecular weight excluding hydrogens is 465 g/mol. The van der Waals surface area contributed by atoms with E-state index in [0.717, 1.165) is 58.3 Å². The minimum absolute atomic E-state index is 0. The molecule has 0 radical (unpaired) electrons. The molecule has 2 aliphatic rings. The Balaban J connectivity index is 0.00000280. The summed E-state index contributed by atoms with van der Waals surface area (Å²) in [6.45, 7) is 9.29. The summed E-state index contributed by atoms with van der Waals surface area (Å²) >= 11 is 0. The highest BCUT2D eigenvalue weighted by Crippen LogP contribution is 2.49. The number of nitrogens with zero attached hydrogens (tertiary/aromatic N) is 1. The van der Waals surface area contributed by atoms with Gasteiger partial charge in [0.15, 0.2) is 5.96 Å². The van der Waals surface area contributed by atoms with Crippen LogP contribution in [0.5, 0.6) is 0 Å². The Morgan fingerprint density at radius 1 is 1.29 bits per heavy atom. The second-order valence-corrected chi connectivity index (χ2v) is 7.78. The second-order valence-electron chi connectivity index (χ2n) is 7.78. The lowest BCUT2D eigenvalue weighted by Crippen LogP contribution is -2.38. The Morgan fingerprint density at radius 3 is 2.79 bits per heavy atom. The van der Waals surface area contributed by atoms with Crippen molar-refractivity contribution in [3.05, 3.63) is 35.4 Å². The van der Waals surface area contributed by atoms with E-state index in [1.807, 2.05) is 0 Å². The molecule has 1 heterocycles. The van der Waals surface area contributed by atoms with Crippen molar-refractivity contribution < 1.29 is 9.47 Å². The minimum atomic E-state index is 0. The fourth-order valence-electron chi connectivity index (χ4n) is 3.78. The highest BCUT2D eigenvalue weighted by Gasteiger charge is 2.44. The van der Waals surface area contributed by atoms with E-state index in [1.54, 1.807) is 0 Å². The van der Waals surface area contributed by atoms with Crippen LogP contribution >= 0.6 is 24.0 Å². The van der Waals surface area contributed by atoms with E-state index in [-0.39, 0.29) is 29.4 Å². The van der Waals surface area contributed by atoms with Gasteiger partial charge in [0.05, 0.1) is 19.3 Å². The molecule has 0 spiro atoms. The van der Waals surface area contributed by atoms with Crippen molar-refractivity contribution in [1.29, 1.82) is 0 Å². The number of aryl methyl sites for hydroxylation is 1. The Morgan fingerprint density at radius 2 is 2.11 bits per heavy atom. The van der Waals surface area contributed by atoms with Crippen molar-refractivity contribution in [3.8, 4) is 0 Å². The topological polar surface area (TPSA) is 54.9 Å². The van der Waals surface area contributed by atoms with E-state index in [1.165, 1.54) is 30.4 Å². The summed E-state index contributed by atoms with van der Waals surface area (Å²) in [6, 6.07) is 8.74. The van der Waals surface area contributed by atoms with E-state index >= 15 is 0 Å². The summed E-state index contributed by atoms with van der Waals surface area (Å²) in [5, 5.41) is 6.81. The maximum absolute atomic E-state index is 5.73. The lowest BCUT2D eigenvalue weighted by atomic mass is 9.92. The monoisotopic (exact) mass is 501 g/mol. The fraction of sp³-hybridized carbons (Fsp3) is 0.682. The van der Waals surface area contributed by atoms with Crippen LogP contribution in [0.2, 0.25) is 0 Å². The number of aliphatic imine (C=N–C) groups is 1. The van der Waals surface area contributed by atoms with Gasteiger partial charge in [-0.05, 0) is 57.1 Å². The van der Waals surface area contributed by atoms with Crippen LogP contribution in [0.3, 0.4) is 0 Å². The number of nitrogens with one attached hydrogen (secondary N) is 2. The molecule has 158 valence electrons. The summed E-state index contributed by atoms with van der Waals surface area (Å²) < 4.78 is 11.3. The molecular formula is C22H36IN3O2. The third kappa shape index (κ3) is 6.88. The molecule has 5 nitrogen and oxygen atoms in total. The first-order valence-corrected chi connectivity index (χ1v) is 10.5. The van der Waals surface area contributed by atoms with Crippen molar-refractivity contribution in [2.24, 2.45) is 4.99 Å². The van der Waals surface area contributed by atoms with Gasteiger partial charge >= 0.3 is 0 Å². The second kappa shape index (κ2) is 12.0. The maximum atomic E-state index is 5.73. The standard InChI is InChI=1S/C22H35N3O2.HI/c1-3-23-21(24-13-7-14-26-16-19-9-6-15-27-19)25-17-22(11-12-22)20-10-5-4-8-18(20)2;/h4-5,8,10,19H,3,6-7,9,11-17H2,1-2H3,(H2,23,24,25);1H. The Hall–Kier alpha value is -0.860. The molecule has 0 bridgehead atoms. The van der Waals surface area contributed by atoms with E-state index in [0.29, 0.717) is 6.10 Å². The Kier molecular flexibility index (Phi) is 10.0. The summed E-state index contributed by atoms with van der Waals surface area (Å²) in [4.78, 5) is 4.88. The van der Waals surface area contributed by atoms with Crippen molar-refractivity contribution in [1.82, 2.24) is 10.6 Å². The molecule has 2 fully saturated rings. The molecule has 0 amide bonds. The number of rotatable bonds is 10. The summed E-state index contributed by atoms with van der Waals surface area (Å²) in [7, 11) is 0. The first kappa shape index (κ1) is 23.4. The normalized spacial score (nSPS) is 20.5. The van der Waals surface area contributed by atoms with Crippen LogP contribution in [-0.4, -0.2) is 51.5 Å². The Labute approximate surface area is 187 Å². The zero-order valence-corrected chi connectivity index (χ0v) is 19.7. The highest BCUT2D eigenvalue weighted by molar-refractivity contribution is 14.0. The number of benzene rings is 1. The molecule has 6 heteroatoms. The maximum Gasteiger partial charge on any atom is 0.191 e. The van der Waals surface area contributed by atoms with Crippen LogP contribution in [0.4, 0.5) is 0 Å². The molecule has 0 aromatic heterocycles. The Bertz CT molecular complexity index is 614. The number of ether oxygens (including phenoxy) is 2. The van der Waals surface area contributed by atoms with E-state index < -0.39 is 0 Å². The number of hydrogen-bond acceptors (Lipinski definition) is 3. The average molecular weight is 501 g/mol. The van der Waals surface area contributed by atoms with Crippen LogP contribution in [0.15, 0.2) is 29.3 Å². The molecule has 3 rings (SSSR count). The zero-order valence-electron chi connectivity index (χ0n) is 17.3. The van der Waals surface area contributed by atoms with Gasteiger partial charge in [0.25, 0.3) is 0 Å². The predicted octanol–water partition coefficient (Wildman–Crippen LogP) is 3.79. The first-order chi connectivity index (χ1) is 13.2. The van der Waals surface area contributed by atoms with Crippen LogP contribution in [0.25, 0.3) is 0 Å². The number of hydrogen-bond donors (Lipinski definition) is 2. The molecule has 1 saturated heterocycles. The van der Waals surface area contributed by atoms with Gasteiger partial charge in [-0.2, -0.15) is 0 Å². The predicted molar refractivity (Wildman–Crippen MR) is 126 cm³/mol. The molecule has 1 unspecified atom stereocenters. The van der Waals surface area contributed by atoms with E-state index in [9.17, 15) is 0 Å². The van der Waals surface area contributed by atoms with Crippen molar-refractivity contribution >= 4 is 29.9 Å². The zero-order chi connectivity index (χ0) is 19.0. The molecule has 1 aliphatic heterocycles. The molecule has 1 aliphatic carbocycles. The van der Waals surface area contributed by atoms with Crippen molar-refractivity contribution in [2.75, 3.05) is 39.5 Å². The molecule has 28 heavy (non-hydrogen) atoms. The fourth-order valence-corrected chi connectivity index (χ4v) is 3.78. The van der Waals surface area contributed by atoms with Gasteiger partial charge in [-0.3, -0.25) is 4.99 Å². The van der Waals surface area contributed by atoms with Crippen molar-refractivity contribution in [3.63, 3.8) is 0 Å². The summed E-state index contributed by atoms with van der Waals surface area (Å²) in [5.41, 5.74) is 3.09. The van der Waals surface area contributed by atoms with E-state index in [2.05, 4.69) is 48.7 Å². The summed E-state index contributed by atoms with van der Waals surface area (Å²) in [6.07, 6.45) is 6.06. The third-order valence-electron chi connectivity index (χ3n) is 5.54. The smallest absolute Gasteiger partial charge is 0.191 e. The quantitative estimate of drug-likeness (QED) is 0.222. The van der Waals surface area contributed by atoms with Gasteiger partial charge in [-0.25, -0.2) is 0 Å². The lowest BCUT2D eigenvalue weighted by Gasteiger charge is -2.18. The van der Waals surface area contributed by atoms with E-state index in [4.69, 9.17) is 14.5 Å². The SMILES string of the molecule is CCNC(=NCC1(c2ccccc2C)CC1)NCCCOCC1CCCO1.I. The minimum Gasteiger partial charge on any atom is -0.379 e. The summed E-state index contributed by atoms with van der Waals surface area (Å²) in [5.74, 6) is 0.913. The molecule has 2 N–H and O–H groups in total. The van der Waals surface area contributed by atoms with Crippen LogP contribution in [0, 0.1) is 6.92 Å². The van der Waals surface area contributed by atoms with Gasteiger partial charge < -0.3 is 20.1 Å². The molecule has 1 atom stereocenters. The van der Waals surface area contributed by atoms with Gasteiger partial charge in [0.1, 0.15) is 0 Å². The van der Waals surface area contributed by atoms with Gasteiger partial charge in [0, 0.05) is 31.7 Å². The largest absolute Gasteiger partial charge is 0.379 e. The number of guanidine groups is 1. The van der Waals surface area contributed by atoms with Gasteiger partial charge in [-0.15, -0.1) is 24.0 Å². The molecule has 1 aromatic rings. The third-order valence-corrected chi connectivity index (χ3v) is 5.54. The average Bonchev–Trinajstić information content (AvgIpc) is 3.28. The van der Waals surface area contributed by atoms with Crippen LogP contribution < -0.4 is 10.6 Å². The van der Waals surface area contributed by atoms with Crippen LogP contribution in [0.1, 0.15) is 50.2 Å². The molecule has 1 aromatic carbocycles. The van der Waals surface area contributed by atoms with Gasteiger partial charge in [0.2, 0.25) is 0 Å². The highest BCUT2D eigenvalue weighted by atomic mass is 127.